The molecule has 0 aromatic heterocycles. The molecule has 0 N–H and O–H groups in total. The molecule has 2 amide bonds. The maximum Gasteiger partial charge on any atom is 0.326 e. The van der Waals surface area contributed by atoms with E-state index in [4.69, 9.17) is 25.8 Å². The maximum absolute atomic E-state index is 14.0. The van der Waals surface area contributed by atoms with Crippen molar-refractivity contribution >= 4 is 46.6 Å². The Labute approximate surface area is 199 Å². The molecular formula is C23H21ClFNO6S. The molecule has 1 saturated heterocycles. The average Bonchev–Trinajstić information content (AvgIpc) is 3.02. The van der Waals surface area contributed by atoms with Gasteiger partial charge in [-0.3, -0.25) is 19.3 Å². The van der Waals surface area contributed by atoms with E-state index in [0.717, 1.165) is 16.7 Å². The summed E-state index contributed by atoms with van der Waals surface area (Å²) in [6, 6.07) is 9.31. The van der Waals surface area contributed by atoms with E-state index in [9.17, 15) is 18.8 Å². The van der Waals surface area contributed by atoms with Crippen molar-refractivity contribution < 1.29 is 33.0 Å². The van der Waals surface area contributed by atoms with Crippen molar-refractivity contribution in [3.05, 3.63) is 63.3 Å². The quantitative estimate of drug-likeness (QED) is 0.357. The second-order valence-corrected chi connectivity index (χ2v) is 8.10. The van der Waals surface area contributed by atoms with Crippen LogP contribution in [0.25, 0.3) is 6.08 Å². The van der Waals surface area contributed by atoms with Crippen LogP contribution in [0.3, 0.4) is 0 Å². The third kappa shape index (κ3) is 6.06. The average molecular weight is 494 g/mol. The van der Waals surface area contributed by atoms with E-state index in [0.29, 0.717) is 23.7 Å². The molecule has 0 radical (unpaired) electrons. The Morgan fingerprint density at radius 2 is 1.91 bits per heavy atom. The van der Waals surface area contributed by atoms with Gasteiger partial charge in [0.25, 0.3) is 11.1 Å². The van der Waals surface area contributed by atoms with Crippen LogP contribution in [0, 0.1) is 5.82 Å². The number of esters is 1. The Kier molecular flexibility index (Phi) is 8.35. The van der Waals surface area contributed by atoms with Gasteiger partial charge in [-0.1, -0.05) is 23.7 Å². The molecular weight excluding hydrogens is 473 g/mol. The Bertz CT molecular complexity index is 1090. The predicted octanol–water partition coefficient (Wildman–Crippen LogP) is 5.06. The lowest BCUT2D eigenvalue weighted by Crippen LogP contribution is -2.34. The highest BCUT2D eigenvalue weighted by molar-refractivity contribution is 8.18. The molecule has 33 heavy (non-hydrogen) atoms. The smallest absolute Gasteiger partial charge is 0.326 e. The molecule has 0 spiro atoms. The third-order valence-electron chi connectivity index (χ3n) is 4.47. The van der Waals surface area contributed by atoms with Crippen LogP contribution in [-0.2, 0) is 20.9 Å². The van der Waals surface area contributed by atoms with Crippen LogP contribution < -0.4 is 9.47 Å². The Morgan fingerprint density at radius 1 is 1.12 bits per heavy atom. The first-order valence-electron chi connectivity index (χ1n) is 10.1. The lowest BCUT2D eigenvalue weighted by molar-refractivity contribution is -0.145. The van der Waals surface area contributed by atoms with Crippen LogP contribution in [0.15, 0.2) is 41.3 Å². The van der Waals surface area contributed by atoms with E-state index < -0.39 is 29.5 Å². The predicted molar refractivity (Wildman–Crippen MR) is 123 cm³/mol. The Balaban J connectivity index is 1.78. The van der Waals surface area contributed by atoms with E-state index >= 15 is 0 Å². The SMILES string of the molecule is CCOC(=O)CN1C(=O)S/C(=C\c2ccc(OCc3c(F)cccc3Cl)c(OCC)c2)C1=O. The van der Waals surface area contributed by atoms with E-state index in [2.05, 4.69) is 0 Å². The highest BCUT2D eigenvalue weighted by Gasteiger charge is 2.36. The second kappa shape index (κ2) is 11.2. The van der Waals surface area contributed by atoms with Crippen LogP contribution in [0.5, 0.6) is 11.5 Å². The van der Waals surface area contributed by atoms with Gasteiger partial charge in [0.1, 0.15) is 19.0 Å². The van der Waals surface area contributed by atoms with Crippen molar-refractivity contribution in [2.24, 2.45) is 0 Å². The van der Waals surface area contributed by atoms with E-state index in [1.807, 2.05) is 0 Å². The summed E-state index contributed by atoms with van der Waals surface area (Å²) in [4.78, 5) is 37.4. The summed E-state index contributed by atoms with van der Waals surface area (Å²) in [7, 11) is 0. The normalized spacial score (nSPS) is 14.7. The summed E-state index contributed by atoms with van der Waals surface area (Å²) in [6.07, 6.45) is 1.52. The maximum atomic E-state index is 14.0. The van der Waals surface area contributed by atoms with Crippen molar-refractivity contribution in [3.8, 4) is 11.5 Å². The van der Waals surface area contributed by atoms with Gasteiger partial charge >= 0.3 is 5.97 Å². The fourth-order valence-corrected chi connectivity index (χ4v) is 4.00. The minimum absolute atomic E-state index is 0.0995. The van der Waals surface area contributed by atoms with Gasteiger partial charge in [-0.2, -0.15) is 0 Å². The standard InChI is InChI=1S/C23H21ClFNO6S/c1-3-30-19-10-14(8-9-18(19)32-13-15-16(24)6-5-7-17(15)25)11-20-22(28)26(23(29)33-20)12-21(27)31-4-2/h5-11H,3-4,12-13H2,1-2H3/b20-11-. The van der Waals surface area contributed by atoms with Crippen molar-refractivity contribution in [3.63, 3.8) is 0 Å². The Hall–Kier alpha value is -3.04. The lowest BCUT2D eigenvalue weighted by atomic mass is 10.1. The van der Waals surface area contributed by atoms with E-state index in [1.165, 1.54) is 18.2 Å². The summed E-state index contributed by atoms with van der Waals surface area (Å²) in [5.74, 6) is -0.967. The number of benzene rings is 2. The first-order valence-corrected chi connectivity index (χ1v) is 11.3. The number of hydrogen-bond acceptors (Lipinski definition) is 7. The first-order chi connectivity index (χ1) is 15.8. The zero-order chi connectivity index (χ0) is 24.0. The molecule has 3 rings (SSSR count). The molecule has 0 saturated carbocycles. The van der Waals surface area contributed by atoms with Crippen molar-refractivity contribution in [1.29, 1.82) is 0 Å². The fourth-order valence-electron chi connectivity index (χ4n) is 2.95. The molecule has 1 fully saturated rings. The molecule has 1 aliphatic rings. The molecule has 0 aliphatic carbocycles. The topological polar surface area (TPSA) is 82.1 Å². The highest BCUT2D eigenvalue weighted by atomic mass is 35.5. The molecule has 0 atom stereocenters. The zero-order valence-corrected chi connectivity index (χ0v) is 19.5. The van der Waals surface area contributed by atoms with Crippen molar-refractivity contribution in [1.82, 2.24) is 4.90 Å². The third-order valence-corrected chi connectivity index (χ3v) is 5.73. The highest BCUT2D eigenvalue weighted by Crippen LogP contribution is 2.35. The van der Waals surface area contributed by atoms with E-state index in [-0.39, 0.29) is 28.7 Å². The molecule has 2 aromatic carbocycles. The largest absolute Gasteiger partial charge is 0.490 e. The molecule has 1 heterocycles. The number of thioether (sulfide) groups is 1. The monoisotopic (exact) mass is 493 g/mol. The van der Waals surface area contributed by atoms with Crippen molar-refractivity contribution in [2.45, 2.75) is 20.5 Å². The van der Waals surface area contributed by atoms with Crippen LogP contribution in [0.4, 0.5) is 9.18 Å². The number of rotatable bonds is 9. The van der Waals surface area contributed by atoms with Gasteiger partial charge in [0, 0.05) is 5.56 Å². The number of carbonyl (C=O) groups is 3. The van der Waals surface area contributed by atoms with Crippen LogP contribution in [-0.4, -0.2) is 41.8 Å². The number of carbonyl (C=O) groups excluding carboxylic acids is 3. The molecule has 174 valence electrons. The van der Waals surface area contributed by atoms with Crippen LogP contribution >= 0.6 is 23.4 Å². The molecule has 10 heteroatoms. The number of amides is 2. The Morgan fingerprint density at radius 3 is 2.61 bits per heavy atom. The van der Waals surface area contributed by atoms with Crippen molar-refractivity contribution in [2.75, 3.05) is 19.8 Å². The number of nitrogens with zero attached hydrogens (tertiary/aromatic N) is 1. The van der Waals surface area contributed by atoms with Gasteiger partial charge < -0.3 is 14.2 Å². The van der Waals surface area contributed by atoms with Gasteiger partial charge in [0.15, 0.2) is 11.5 Å². The van der Waals surface area contributed by atoms with Gasteiger partial charge in [-0.25, -0.2) is 4.39 Å². The number of hydrogen-bond donors (Lipinski definition) is 0. The van der Waals surface area contributed by atoms with Gasteiger partial charge in [0.2, 0.25) is 0 Å². The van der Waals surface area contributed by atoms with Gasteiger partial charge in [0.05, 0.1) is 23.1 Å². The van der Waals surface area contributed by atoms with Crippen LogP contribution in [0.2, 0.25) is 5.02 Å². The van der Waals surface area contributed by atoms with Gasteiger partial charge in [-0.15, -0.1) is 0 Å². The minimum atomic E-state index is -0.656. The second-order valence-electron chi connectivity index (χ2n) is 6.70. The summed E-state index contributed by atoms with van der Waals surface area (Å²) < 4.78 is 30.2. The van der Waals surface area contributed by atoms with Gasteiger partial charge in [-0.05, 0) is 61.5 Å². The number of ether oxygens (including phenoxy) is 3. The molecule has 1 aliphatic heterocycles. The molecule has 0 unspecified atom stereocenters. The lowest BCUT2D eigenvalue weighted by Gasteiger charge is -2.14. The summed E-state index contributed by atoms with van der Waals surface area (Å²) in [6.45, 7) is 3.40. The summed E-state index contributed by atoms with van der Waals surface area (Å²) in [5, 5.41) is -0.297. The zero-order valence-electron chi connectivity index (χ0n) is 17.9. The number of halogens is 2. The first kappa shape index (κ1) is 24.6. The number of imide groups is 1. The van der Waals surface area contributed by atoms with E-state index in [1.54, 1.807) is 38.1 Å². The molecule has 7 nitrogen and oxygen atoms in total. The fraction of sp³-hybridized carbons (Fsp3) is 0.261. The summed E-state index contributed by atoms with van der Waals surface area (Å²) >= 11 is 6.78. The molecule has 2 aromatic rings. The summed E-state index contributed by atoms with van der Waals surface area (Å²) in [5.41, 5.74) is 0.803. The van der Waals surface area contributed by atoms with Crippen LogP contribution in [0.1, 0.15) is 25.0 Å². The molecule has 0 bridgehead atoms. The minimum Gasteiger partial charge on any atom is -0.490 e.